The third kappa shape index (κ3) is 3.30. The summed E-state index contributed by atoms with van der Waals surface area (Å²) in [4.78, 5) is 18.1. The molecule has 0 spiro atoms. The lowest BCUT2D eigenvalue weighted by atomic mass is 10.0. The molecule has 1 saturated heterocycles. The lowest BCUT2D eigenvalue weighted by Gasteiger charge is -2.26. The van der Waals surface area contributed by atoms with Crippen LogP contribution in [0.5, 0.6) is 0 Å². The monoisotopic (exact) mass is 394 g/mol. The zero-order valence-corrected chi connectivity index (χ0v) is 17.3. The molecule has 0 aliphatic carbocycles. The van der Waals surface area contributed by atoms with E-state index in [1.54, 1.807) is 0 Å². The molecule has 0 radical (unpaired) electrons. The van der Waals surface area contributed by atoms with E-state index in [2.05, 4.69) is 60.4 Å². The number of carbonyl (C=O) groups is 1. The topological polar surface area (TPSA) is 23.6 Å². The normalized spacial score (nSPS) is 19.6. The molecule has 0 bridgehead atoms. The Labute approximate surface area is 178 Å². The van der Waals surface area contributed by atoms with Gasteiger partial charge in [-0.3, -0.25) is 4.79 Å². The van der Waals surface area contributed by atoms with Crippen LogP contribution in [-0.4, -0.2) is 18.5 Å². The molecule has 1 unspecified atom stereocenters. The Balaban J connectivity index is 1.65. The van der Waals surface area contributed by atoms with Crippen molar-refractivity contribution in [1.82, 2.24) is 0 Å². The molecule has 0 N–H and O–H groups in total. The minimum absolute atomic E-state index is 0.0806. The highest BCUT2D eigenvalue weighted by Gasteiger charge is 2.36. The van der Waals surface area contributed by atoms with Crippen LogP contribution in [0.15, 0.2) is 78.9 Å². The summed E-state index contributed by atoms with van der Waals surface area (Å²) in [6.07, 6.45) is 4.45. The predicted molar refractivity (Wildman–Crippen MR) is 124 cm³/mol. The van der Waals surface area contributed by atoms with Gasteiger partial charge in [0.05, 0.1) is 17.8 Å². The van der Waals surface area contributed by atoms with Crippen molar-refractivity contribution in [3.8, 4) is 0 Å². The molecule has 5 rings (SSSR count). The van der Waals surface area contributed by atoms with E-state index >= 15 is 0 Å². The molecule has 0 saturated carbocycles. The second-order valence-corrected chi connectivity index (χ2v) is 8.20. The van der Waals surface area contributed by atoms with E-state index in [9.17, 15) is 4.79 Å². The van der Waals surface area contributed by atoms with Crippen LogP contribution in [0.4, 0.5) is 11.4 Å². The molecule has 1 amide bonds. The highest BCUT2D eigenvalue weighted by Crippen LogP contribution is 2.45. The van der Waals surface area contributed by atoms with Gasteiger partial charge < -0.3 is 9.80 Å². The first-order chi connectivity index (χ1) is 14.7. The van der Waals surface area contributed by atoms with E-state index in [-0.39, 0.29) is 5.91 Å². The smallest absolute Gasteiger partial charge is 0.259 e. The van der Waals surface area contributed by atoms with Crippen molar-refractivity contribution in [2.75, 3.05) is 16.3 Å². The number of hydrogen-bond acceptors (Lipinski definition) is 2. The Hall–Kier alpha value is -3.33. The molecule has 30 heavy (non-hydrogen) atoms. The number of hydrogen-bond donors (Lipinski definition) is 0. The van der Waals surface area contributed by atoms with Crippen LogP contribution in [0, 0.1) is 0 Å². The lowest BCUT2D eigenvalue weighted by molar-refractivity contribution is -0.113. The van der Waals surface area contributed by atoms with Gasteiger partial charge in [0.1, 0.15) is 0 Å². The maximum absolute atomic E-state index is 13.7. The van der Waals surface area contributed by atoms with Gasteiger partial charge >= 0.3 is 0 Å². The zero-order chi connectivity index (χ0) is 20.5. The largest absolute Gasteiger partial charge is 0.368 e. The molecule has 3 nitrogen and oxygen atoms in total. The molecule has 3 aromatic carbocycles. The summed E-state index contributed by atoms with van der Waals surface area (Å²) in [5, 5.41) is 0. The fourth-order valence-electron chi connectivity index (χ4n) is 4.69. The Kier molecular flexibility index (Phi) is 4.88. The Bertz CT molecular complexity index is 1090. The van der Waals surface area contributed by atoms with E-state index in [1.807, 2.05) is 41.3 Å². The molecule has 2 aliphatic rings. The second kappa shape index (κ2) is 7.83. The fourth-order valence-corrected chi connectivity index (χ4v) is 4.69. The Morgan fingerprint density at radius 3 is 2.30 bits per heavy atom. The minimum atomic E-state index is 0.0806. The first kappa shape index (κ1) is 18.7. The summed E-state index contributed by atoms with van der Waals surface area (Å²) in [6, 6.07) is 27.2. The summed E-state index contributed by atoms with van der Waals surface area (Å²) >= 11 is 0. The predicted octanol–water partition coefficient (Wildman–Crippen LogP) is 5.76. The lowest BCUT2D eigenvalue weighted by Crippen LogP contribution is -2.27. The van der Waals surface area contributed by atoms with Crippen LogP contribution in [0.2, 0.25) is 0 Å². The second-order valence-electron chi connectivity index (χ2n) is 8.20. The maximum Gasteiger partial charge on any atom is 0.259 e. The summed E-state index contributed by atoms with van der Waals surface area (Å²) in [5.74, 6) is 0.0806. The molecule has 1 fully saturated rings. The van der Waals surface area contributed by atoms with Gasteiger partial charge in [-0.2, -0.15) is 0 Å². The zero-order valence-electron chi connectivity index (χ0n) is 17.3. The number of carbonyl (C=O) groups excluding carboxylic acids is 1. The van der Waals surface area contributed by atoms with Crippen molar-refractivity contribution in [3.05, 3.63) is 95.6 Å². The van der Waals surface area contributed by atoms with Gasteiger partial charge in [-0.25, -0.2) is 0 Å². The van der Waals surface area contributed by atoms with Crippen molar-refractivity contribution in [2.45, 2.75) is 32.4 Å². The summed E-state index contributed by atoms with van der Waals surface area (Å²) in [7, 11) is 0. The highest BCUT2D eigenvalue weighted by atomic mass is 16.2. The van der Waals surface area contributed by atoms with Crippen molar-refractivity contribution >= 4 is 28.9 Å². The molecule has 1 atom stereocenters. The number of benzene rings is 3. The summed E-state index contributed by atoms with van der Waals surface area (Å²) in [6.45, 7) is 3.91. The fraction of sp³-hybridized carbons (Fsp3) is 0.222. The van der Waals surface area contributed by atoms with Gasteiger partial charge in [-0.05, 0) is 49.1 Å². The molecular formula is C27H26N2O. The first-order valence-electron chi connectivity index (χ1n) is 10.7. The molecule has 0 aromatic heterocycles. The number of fused-ring (bicyclic) bond motifs is 1. The van der Waals surface area contributed by atoms with Crippen molar-refractivity contribution < 1.29 is 4.79 Å². The molecule has 3 heteroatoms. The quantitative estimate of drug-likeness (QED) is 0.525. The van der Waals surface area contributed by atoms with E-state index in [4.69, 9.17) is 0 Å². The van der Waals surface area contributed by atoms with Crippen molar-refractivity contribution in [3.63, 3.8) is 0 Å². The minimum Gasteiger partial charge on any atom is -0.368 e. The SMILES string of the molecule is CC1CCCN1c1cccc2c1/C(=C\c1ccccc1)C(=O)N2Cc1ccccc1. The van der Waals surface area contributed by atoms with Gasteiger partial charge in [-0.15, -0.1) is 0 Å². The summed E-state index contributed by atoms with van der Waals surface area (Å²) in [5.41, 5.74) is 6.26. The number of nitrogens with zero attached hydrogens (tertiary/aromatic N) is 2. The van der Waals surface area contributed by atoms with E-state index in [0.29, 0.717) is 12.6 Å². The van der Waals surface area contributed by atoms with E-state index < -0.39 is 0 Å². The van der Waals surface area contributed by atoms with Gasteiger partial charge in [0.25, 0.3) is 5.91 Å². The average molecular weight is 395 g/mol. The Morgan fingerprint density at radius 1 is 0.900 bits per heavy atom. The highest BCUT2D eigenvalue weighted by molar-refractivity contribution is 6.37. The van der Waals surface area contributed by atoms with Gasteiger partial charge in [0.2, 0.25) is 0 Å². The standard InChI is InChI=1S/C27H26N2O/c1-20-10-9-17-28(20)24-15-8-16-25-26(24)23(18-21-11-4-2-5-12-21)27(30)29(25)19-22-13-6-3-7-14-22/h2-8,11-16,18,20H,9-10,17,19H2,1H3/b23-18+. The van der Waals surface area contributed by atoms with Crippen LogP contribution >= 0.6 is 0 Å². The molecule has 150 valence electrons. The third-order valence-electron chi connectivity index (χ3n) is 6.21. The van der Waals surface area contributed by atoms with Crippen LogP contribution in [0.3, 0.4) is 0 Å². The third-order valence-corrected chi connectivity index (χ3v) is 6.21. The number of amides is 1. The van der Waals surface area contributed by atoms with Crippen molar-refractivity contribution in [2.24, 2.45) is 0 Å². The van der Waals surface area contributed by atoms with Gasteiger partial charge in [-0.1, -0.05) is 66.7 Å². The molecule has 2 aliphatic heterocycles. The maximum atomic E-state index is 13.7. The van der Waals surface area contributed by atoms with Gasteiger partial charge in [0, 0.05) is 23.8 Å². The van der Waals surface area contributed by atoms with Gasteiger partial charge in [0.15, 0.2) is 0 Å². The Morgan fingerprint density at radius 2 is 1.60 bits per heavy atom. The number of anilines is 2. The number of rotatable bonds is 4. The molecular weight excluding hydrogens is 368 g/mol. The van der Waals surface area contributed by atoms with E-state index in [0.717, 1.165) is 34.5 Å². The first-order valence-corrected chi connectivity index (χ1v) is 10.7. The van der Waals surface area contributed by atoms with E-state index in [1.165, 1.54) is 18.5 Å². The van der Waals surface area contributed by atoms with Crippen LogP contribution < -0.4 is 9.80 Å². The van der Waals surface area contributed by atoms with Crippen LogP contribution in [0.1, 0.15) is 36.5 Å². The van der Waals surface area contributed by atoms with Crippen LogP contribution in [0.25, 0.3) is 11.6 Å². The molecule has 3 aromatic rings. The van der Waals surface area contributed by atoms with Crippen molar-refractivity contribution in [1.29, 1.82) is 0 Å². The average Bonchev–Trinajstić information content (AvgIpc) is 3.32. The van der Waals surface area contributed by atoms with Crippen LogP contribution in [-0.2, 0) is 11.3 Å². The summed E-state index contributed by atoms with van der Waals surface area (Å²) < 4.78 is 0. The molecule has 2 heterocycles.